The van der Waals surface area contributed by atoms with Crippen LogP contribution in [0.1, 0.15) is 23.2 Å². The van der Waals surface area contributed by atoms with E-state index in [1.807, 2.05) is 19.2 Å². The van der Waals surface area contributed by atoms with Crippen LogP contribution in [0.5, 0.6) is 11.5 Å². The Bertz CT molecular complexity index is 580. The van der Waals surface area contributed by atoms with Crippen molar-refractivity contribution in [1.82, 2.24) is 15.5 Å². The Morgan fingerprint density at radius 2 is 2.05 bits per heavy atom. The predicted octanol–water partition coefficient (Wildman–Crippen LogP) is 2.17. The lowest BCUT2D eigenvalue weighted by molar-refractivity contribution is 0.297. The van der Waals surface area contributed by atoms with Crippen molar-refractivity contribution >= 4 is 0 Å². The second-order valence-corrected chi connectivity index (χ2v) is 4.96. The molecule has 2 N–H and O–H groups in total. The summed E-state index contributed by atoms with van der Waals surface area (Å²) >= 11 is 0. The molecule has 1 aromatic carbocycles. The highest BCUT2D eigenvalue weighted by Crippen LogP contribution is 2.30. The summed E-state index contributed by atoms with van der Waals surface area (Å²) in [4.78, 5) is 0. The second-order valence-electron chi connectivity index (χ2n) is 4.96. The van der Waals surface area contributed by atoms with Crippen molar-refractivity contribution in [3.63, 3.8) is 0 Å². The van der Waals surface area contributed by atoms with Crippen molar-refractivity contribution in [3.8, 4) is 11.5 Å². The van der Waals surface area contributed by atoms with Gasteiger partial charge in [0, 0.05) is 30.8 Å². The van der Waals surface area contributed by atoms with Crippen molar-refractivity contribution in [2.45, 2.75) is 26.4 Å². The van der Waals surface area contributed by atoms with Crippen LogP contribution in [0.4, 0.5) is 0 Å². The Balaban J connectivity index is 1.60. The van der Waals surface area contributed by atoms with Crippen molar-refractivity contribution < 1.29 is 9.47 Å². The minimum Gasteiger partial charge on any atom is -0.490 e. The molecule has 0 unspecified atom stereocenters. The first-order valence-electron chi connectivity index (χ1n) is 6.91. The van der Waals surface area contributed by atoms with Crippen molar-refractivity contribution in [2.24, 2.45) is 0 Å². The molecule has 0 aliphatic carbocycles. The molecule has 0 spiro atoms. The van der Waals surface area contributed by atoms with E-state index in [1.54, 1.807) is 0 Å². The third kappa shape index (κ3) is 2.93. The Morgan fingerprint density at radius 1 is 1.20 bits per heavy atom. The van der Waals surface area contributed by atoms with Crippen LogP contribution in [0.2, 0.25) is 0 Å². The van der Waals surface area contributed by atoms with E-state index in [2.05, 4.69) is 27.6 Å². The first-order valence-corrected chi connectivity index (χ1v) is 6.91. The maximum Gasteiger partial charge on any atom is 0.161 e. The minimum atomic E-state index is 0.720. The lowest BCUT2D eigenvalue weighted by Gasteiger charge is -2.10. The summed E-state index contributed by atoms with van der Waals surface area (Å²) in [5, 5.41) is 10.4. The Hall–Kier alpha value is -2.01. The van der Waals surface area contributed by atoms with Crippen LogP contribution >= 0.6 is 0 Å². The zero-order valence-corrected chi connectivity index (χ0v) is 11.6. The number of ether oxygens (including phenoxy) is 2. The van der Waals surface area contributed by atoms with Gasteiger partial charge >= 0.3 is 0 Å². The predicted molar refractivity (Wildman–Crippen MR) is 75.9 cm³/mol. The molecule has 2 heterocycles. The van der Waals surface area contributed by atoms with Crippen LogP contribution in [0.3, 0.4) is 0 Å². The molecule has 1 aliphatic rings. The molecular weight excluding hydrogens is 254 g/mol. The molecule has 0 bridgehead atoms. The molecule has 0 atom stereocenters. The van der Waals surface area contributed by atoms with Gasteiger partial charge in [0.25, 0.3) is 0 Å². The zero-order valence-electron chi connectivity index (χ0n) is 11.6. The summed E-state index contributed by atoms with van der Waals surface area (Å²) in [5.41, 5.74) is 3.49. The quantitative estimate of drug-likeness (QED) is 0.896. The van der Waals surface area contributed by atoms with Gasteiger partial charge < -0.3 is 14.8 Å². The van der Waals surface area contributed by atoms with Gasteiger partial charge in [-0.2, -0.15) is 5.10 Å². The van der Waals surface area contributed by atoms with E-state index >= 15 is 0 Å². The first-order chi connectivity index (χ1) is 9.83. The monoisotopic (exact) mass is 273 g/mol. The maximum atomic E-state index is 5.69. The Kier molecular flexibility index (Phi) is 3.87. The summed E-state index contributed by atoms with van der Waals surface area (Å²) in [5.74, 6) is 1.69. The largest absolute Gasteiger partial charge is 0.490 e. The molecule has 3 rings (SSSR count). The molecule has 5 nitrogen and oxygen atoms in total. The molecule has 20 heavy (non-hydrogen) atoms. The van der Waals surface area contributed by atoms with Gasteiger partial charge in [-0.25, -0.2) is 0 Å². The molecule has 2 aromatic rings. The van der Waals surface area contributed by atoms with Gasteiger partial charge in [0.1, 0.15) is 0 Å². The number of nitrogens with zero attached hydrogens (tertiary/aromatic N) is 1. The van der Waals surface area contributed by atoms with E-state index in [9.17, 15) is 0 Å². The van der Waals surface area contributed by atoms with E-state index in [-0.39, 0.29) is 0 Å². The van der Waals surface area contributed by atoms with Gasteiger partial charge in [0.05, 0.1) is 19.4 Å². The summed E-state index contributed by atoms with van der Waals surface area (Å²) in [7, 11) is 0. The third-order valence-electron chi connectivity index (χ3n) is 3.39. The van der Waals surface area contributed by atoms with Crippen LogP contribution in [-0.4, -0.2) is 23.4 Å². The summed E-state index contributed by atoms with van der Waals surface area (Å²) in [6.45, 7) is 5.07. The van der Waals surface area contributed by atoms with Crippen LogP contribution in [0.15, 0.2) is 24.4 Å². The fourth-order valence-corrected chi connectivity index (χ4v) is 2.21. The molecule has 0 fully saturated rings. The van der Waals surface area contributed by atoms with Crippen LogP contribution in [-0.2, 0) is 13.1 Å². The number of aryl methyl sites for hydroxylation is 1. The van der Waals surface area contributed by atoms with Crippen LogP contribution in [0, 0.1) is 6.92 Å². The van der Waals surface area contributed by atoms with E-state index in [0.717, 1.165) is 49.9 Å². The minimum absolute atomic E-state index is 0.720. The standard InChI is InChI=1S/C15H19N3O2/c1-11-13(10-17-18-11)9-16-8-12-3-4-14-15(7-12)20-6-2-5-19-14/h3-4,7,10,16H,2,5-6,8-9H2,1H3,(H,17,18). The zero-order chi connectivity index (χ0) is 13.8. The van der Waals surface area contributed by atoms with Crippen LogP contribution < -0.4 is 14.8 Å². The SMILES string of the molecule is Cc1[nH]ncc1CNCc1ccc2c(c1)OCCCO2. The van der Waals surface area contributed by atoms with Gasteiger partial charge in [0.2, 0.25) is 0 Å². The lowest BCUT2D eigenvalue weighted by Crippen LogP contribution is -2.13. The van der Waals surface area contributed by atoms with Gasteiger partial charge in [-0.05, 0) is 24.6 Å². The number of hydrogen-bond acceptors (Lipinski definition) is 4. The molecule has 0 saturated carbocycles. The summed E-state index contributed by atoms with van der Waals surface area (Å²) in [6.07, 6.45) is 2.79. The third-order valence-corrected chi connectivity index (χ3v) is 3.39. The molecule has 106 valence electrons. The Labute approximate surface area is 118 Å². The van der Waals surface area contributed by atoms with Gasteiger partial charge in [-0.1, -0.05) is 6.07 Å². The highest BCUT2D eigenvalue weighted by atomic mass is 16.5. The van der Waals surface area contributed by atoms with Gasteiger partial charge in [0.15, 0.2) is 11.5 Å². The number of aromatic amines is 1. The van der Waals surface area contributed by atoms with Gasteiger partial charge in [-0.3, -0.25) is 5.10 Å². The maximum absolute atomic E-state index is 5.69. The smallest absolute Gasteiger partial charge is 0.161 e. The number of fused-ring (bicyclic) bond motifs is 1. The molecule has 1 aromatic heterocycles. The van der Waals surface area contributed by atoms with Gasteiger partial charge in [-0.15, -0.1) is 0 Å². The Morgan fingerprint density at radius 3 is 2.85 bits per heavy atom. The fraction of sp³-hybridized carbons (Fsp3) is 0.400. The lowest BCUT2D eigenvalue weighted by atomic mass is 10.2. The van der Waals surface area contributed by atoms with E-state index in [0.29, 0.717) is 0 Å². The number of benzene rings is 1. The number of nitrogens with one attached hydrogen (secondary N) is 2. The summed E-state index contributed by atoms with van der Waals surface area (Å²) in [6, 6.07) is 6.11. The topological polar surface area (TPSA) is 59.2 Å². The summed E-state index contributed by atoms with van der Waals surface area (Å²) < 4.78 is 11.3. The highest BCUT2D eigenvalue weighted by Gasteiger charge is 2.10. The molecule has 0 radical (unpaired) electrons. The second kappa shape index (κ2) is 5.96. The average molecular weight is 273 g/mol. The number of rotatable bonds is 4. The average Bonchev–Trinajstić information content (AvgIpc) is 2.73. The number of aromatic nitrogens is 2. The molecule has 5 heteroatoms. The van der Waals surface area contributed by atoms with Crippen molar-refractivity contribution in [1.29, 1.82) is 0 Å². The van der Waals surface area contributed by atoms with Crippen molar-refractivity contribution in [2.75, 3.05) is 13.2 Å². The number of hydrogen-bond donors (Lipinski definition) is 2. The molecule has 1 aliphatic heterocycles. The number of H-pyrrole nitrogens is 1. The van der Waals surface area contributed by atoms with E-state index in [1.165, 1.54) is 11.1 Å². The molecule has 0 saturated heterocycles. The van der Waals surface area contributed by atoms with Crippen molar-refractivity contribution in [3.05, 3.63) is 41.2 Å². The highest BCUT2D eigenvalue weighted by molar-refractivity contribution is 5.43. The fourth-order valence-electron chi connectivity index (χ4n) is 2.21. The van der Waals surface area contributed by atoms with E-state index < -0.39 is 0 Å². The molecule has 0 amide bonds. The normalized spacial score (nSPS) is 14.1. The first kappa shape index (κ1) is 13.0. The van der Waals surface area contributed by atoms with E-state index in [4.69, 9.17) is 9.47 Å². The molecular formula is C15H19N3O2. The van der Waals surface area contributed by atoms with Crippen LogP contribution in [0.25, 0.3) is 0 Å².